The molecule has 3 aromatic carbocycles. The van der Waals surface area contributed by atoms with Gasteiger partial charge in [-0.2, -0.15) is 26.3 Å². The van der Waals surface area contributed by atoms with Crippen LogP contribution in [0.1, 0.15) is 40.3 Å². The lowest BCUT2D eigenvalue weighted by atomic mass is 9.94. The molecule has 0 aromatic heterocycles. The first kappa shape index (κ1) is 26.1. The van der Waals surface area contributed by atoms with Crippen LogP contribution in [0.5, 0.6) is 0 Å². The molecule has 35 heavy (non-hydrogen) atoms. The molecule has 0 saturated heterocycles. The van der Waals surface area contributed by atoms with Crippen LogP contribution in [0, 0.1) is 6.92 Å². The molecule has 0 radical (unpaired) electrons. The average Bonchev–Trinajstić information content (AvgIpc) is 2.78. The minimum atomic E-state index is -4.53. The Morgan fingerprint density at radius 2 is 1.31 bits per heavy atom. The Labute approximate surface area is 199 Å². The van der Waals surface area contributed by atoms with E-state index < -0.39 is 23.5 Å². The number of benzene rings is 3. The third-order valence-electron chi connectivity index (χ3n) is 5.50. The van der Waals surface area contributed by atoms with E-state index >= 15 is 0 Å². The minimum Gasteiger partial charge on any atom is -0.380 e. The summed E-state index contributed by atoms with van der Waals surface area (Å²) in [6.45, 7) is 3.10. The number of nitrogens with one attached hydrogen (secondary N) is 1. The van der Waals surface area contributed by atoms with Crippen molar-refractivity contribution in [2.45, 2.75) is 39.2 Å². The van der Waals surface area contributed by atoms with Gasteiger partial charge in [-0.25, -0.2) is 0 Å². The SMILES string of the molecule is CC(=O)/C(Cc1cccc(C(F)(F)F)c1)=C(/NCc1cccc(C(F)(F)F)c1)c1ccccc1C. The molecule has 0 unspecified atom stereocenters. The lowest BCUT2D eigenvalue weighted by Gasteiger charge is -2.19. The molecular weight excluding hydrogens is 468 g/mol. The first-order chi connectivity index (χ1) is 16.4. The van der Waals surface area contributed by atoms with Crippen LogP contribution >= 0.6 is 0 Å². The zero-order chi connectivity index (χ0) is 25.8. The highest BCUT2D eigenvalue weighted by atomic mass is 19.4. The highest BCUT2D eigenvalue weighted by Gasteiger charge is 2.31. The Balaban J connectivity index is 2.05. The highest BCUT2D eigenvalue weighted by molar-refractivity contribution is 6.01. The third kappa shape index (κ3) is 6.74. The Kier molecular flexibility index (Phi) is 7.73. The van der Waals surface area contributed by atoms with Gasteiger partial charge in [0.05, 0.1) is 11.1 Å². The van der Waals surface area contributed by atoms with Crippen LogP contribution in [0.15, 0.2) is 78.4 Å². The number of alkyl halides is 6. The normalized spacial score (nSPS) is 12.8. The minimum absolute atomic E-state index is 0.0209. The van der Waals surface area contributed by atoms with Crippen molar-refractivity contribution >= 4 is 11.5 Å². The van der Waals surface area contributed by atoms with Gasteiger partial charge < -0.3 is 5.32 Å². The van der Waals surface area contributed by atoms with Gasteiger partial charge in [-0.15, -0.1) is 0 Å². The van der Waals surface area contributed by atoms with Crippen molar-refractivity contribution in [3.63, 3.8) is 0 Å². The van der Waals surface area contributed by atoms with Crippen molar-refractivity contribution in [1.29, 1.82) is 0 Å². The molecule has 0 aliphatic rings. The molecule has 0 amide bonds. The molecule has 0 spiro atoms. The van der Waals surface area contributed by atoms with Crippen molar-refractivity contribution in [1.82, 2.24) is 5.32 Å². The Hall–Kier alpha value is -3.55. The Bertz CT molecular complexity index is 1240. The van der Waals surface area contributed by atoms with Crippen LogP contribution in [-0.4, -0.2) is 5.78 Å². The van der Waals surface area contributed by atoms with Gasteiger partial charge in [0.2, 0.25) is 0 Å². The van der Waals surface area contributed by atoms with E-state index in [-0.39, 0.29) is 29.9 Å². The van der Waals surface area contributed by atoms with Crippen molar-refractivity contribution < 1.29 is 31.1 Å². The standard InChI is InChI=1S/C27H23F6NO/c1-17-7-3-4-12-23(17)25(34-16-20-9-6-11-22(14-20)27(31,32)33)24(18(2)35)15-19-8-5-10-21(13-19)26(28,29)30/h3-14,34H,15-16H2,1-2H3/b25-24+. The van der Waals surface area contributed by atoms with Crippen molar-refractivity contribution in [3.05, 3.63) is 112 Å². The summed E-state index contributed by atoms with van der Waals surface area (Å²) < 4.78 is 79.0. The van der Waals surface area contributed by atoms with E-state index in [0.717, 1.165) is 29.8 Å². The van der Waals surface area contributed by atoms with E-state index in [1.165, 1.54) is 31.2 Å². The molecule has 0 atom stereocenters. The van der Waals surface area contributed by atoms with Crippen LogP contribution in [0.25, 0.3) is 5.70 Å². The van der Waals surface area contributed by atoms with Crippen molar-refractivity contribution in [2.75, 3.05) is 0 Å². The van der Waals surface area contributed by atoms with Gasteiger partial charge >= 0.3 is 12.4 Å². The number of carbonyl (C=O) groups excluding carboxylic acids is 1. The number of allylic oxidation sites excluding steroid dienone is 1. The molecule has 3 rings (SSSR count). The summed E-state index contributed by atoms with van der Waals surface area (Å²) >= 11 is 0. The summed E-state index contributed by atoms with van der Waals surface area (Å²) in [5.74, 6) is -0.364. The Morgan fingerprint density at radius 3 is 1.86 bits per heavy atom. The van der Waals surface area contributed by atoms with Crippen LogP contribution < -0.4 is 5.32 Å². The van der Waals surface area contributed by atoms with E-state index in [2.05, 4.69) is 5.32 Å². The van der Waals surface area contributed by atoms with E-state index in [9.17, 15) is 31.1 Å². The molecule has 0 aliphatic carbocycles. The Morgan fingerprint density at radius 1 is 0.771 bits per heavy atom. The summed E-state index contributed by atoms with van der Waals surface area (Å²) in [5, 5.41) is 3.09. The second-order valence-electron chi connectivity index (χ2n) is 8.15. The monoisotopic (exact) mass is 491 g/mol. The number of aryl methyl sites for hydroxylation is 1. The second kappa shape index (κ2) is 10.4. The lowest BCUT2D eigenvalue weighted by Crippen LogP contribution is -2.19. The van der Waals surface area contributed by atoms with Gasteiger partial charge in [-0.1, -0.05) is 54.6 Å². The largest absolute Gasteiger partial charge is 0.416 e. The maximum absolute atomic E-state index is 13.2. The smallest absolute Gasteiger partial charge is 0.380 e. The van der Waals surface area contributed by atoms with Gasteiger partial charge in [-0.3, -0.25) is 4.79 Å². The van der Waals surface area contributed by atoms with Gasteiger partial charge in [-0.05, 0) is 48.7 Å². The number of ketones is 1. The van der Waals surface area contributed by atoms with E-state index in [1.54, 1.807) is 18.2 Å². The molecule has 0 saturated carbocycles. The predicted octanol–water partition coefficient (Wildman–Crippen LogP) is 7.37. The van der Waals surface area contributed by atoms with Gasteiger partial charge in [0.1, 0.15) is 0 Å². The summed E-state index contributed by atoms with van der Waals surface area (Å²) in [5.41, 5.74) is 1.03. The summed E-state index contributed by atoms with van der Waals surface area (Å²) in [6, 6.07) is 16.6. The van der Waals surface area contributed by atoms with Gasteiger partial charge in [0.15, 0.2) is 5.78 Å². The fourth-order valence-corrected chi connectivity index (χ4v) is 3.72. The average molecular weight is 491 g/mol. The second-order valence-corrected chi connectivity index (χ2v) is 8.15. The maximum atomic E-state index is 13.2. The van der Waals surface area contributed by atoms with E-state index in [0.29, 0.717) is 16.8 Å². The molecule has 0 heterocycles. The zero-order valence-electron chi connectivity index (χ0n) is 19.0. The van der Waals surface area contributed by atoms with E-state index in [4.69, 9.17) is 0 Å². The third-order valence-corrected chi connectivity index (χ3v) is 5.50. The number of hydrogen-bond acceptors (Lipinski definition) is 2. The number of rotatable bonds is 7. The number of halogens is 6. The molecule has 0 aliphatic heterocycles. The van der Waals surface area contributed by atoms with Crippen LogP contribution in [0.4, 0.5) is 26.3 Å². The fourth-order valence-electron chi connectivity index (χ4n) is 3.72. The molecule has 8 heteroatoms. The first-order valence-corrected chi connectivity index (χ1v) is 10.7. The number of Topliss-reactive ketones (excluding diaryl/α,β-unsaturated/α-hetero) is 1. The van der Waals surface area contributed by atoms with Gasteiger partial charge in [0, 0.05) is 29.8 Å². The lowest BCUT2D eigenvalue weighted by molar-refractivity contribution is -0.138. The summed E-state index contributed by atoms with van der Waals surface area (Å²) in [6.07, 6.45) is -9.12. The highest BCUT2D eigenvalue weighted by Crippen LogP contribution is 2.32. The molecular formula is C27H23F6NO. The molecule has 3 aromatic rings. The topological polar surface area (TPSA) is 29.1 Å². The quantitative estimate of drug-likeness (QED) is 0.276. The first-order valence-electron chi connectivity index (χ1n) is 10.7. The summed E-state index contributed by atoms with van der Waals surface area (Å²) in [7, 11) is 0. The van der Waals surface area contributed by atoms with Crippen LogP contribution in [0.2, 0.25) is 0 Å². The predicted molar refractivity (Wildman–Crippen MR) is 122 cm³/mol. The molecule has 0 bridgehead atoms. The van der Waals surface area contributed by atoms with Gasteiger partial charge in [0.25, 0.3) is 0 Å². The molecule has 2 nitrogen and oxygen atoms in total. The van der Waals surface area contributed by atoms with Crippen molar-refractivity contribution in [3.8, 4) is 0 Å². The fraction of sp³-hybridized carbons (Fsp3) is 0.222. The van der Waals surface area contributed by atoms with Crippen LogP contribution in [0.3, 0.4) is 0 Å². The number of hydrogen-bond donors (Lipinski definition) is 1. The molecule has 0 fully saturated rings. The molecule has 1 N–H and O–H groups in total. The zero-order valence-corrected chi connectivity index (χ0v) is 19.0. The van der Waals surface area contributed by atoms with Crippen LogP contribution in [-0.2, 0) is 30.1 Å². The van der Waals surface area contributed by atoms with E-state index in [1.807, 2.05) is 13.0 Å². The van der Waals surface area contributed by atoms with Crippen molar-refractivity contribution in [2.24, 2.45) is 0 Å². The molecule has 184 valence electrons. The summed E-state index contributed by atoms with van der Waals surface area (Å²) in [4.78, 5) is 12.7. The number of carbonyl (C=O) groups is 1. The maximum Gasteiger partial charge on any atom is 0.416 e.